The zero-order chi connectivity index (χ0) is 27.4. The Morgan fingerprint density at radius 2 is 1.90 bits per heavy atom. The van der Waals surface area contributed by atoms with Crippen molar-refractivity contribution in [3.05, 3.63) is 77.7 Å². The lowest BCUT2D eigenvalue weighted by Gasteiger charge is -2.29. The standard InChI is InChI=1S/C28H29F3N6OS/c1-39(38,17-18-5-3-2-4-6-18)37-24-8-7-20(10-23(24)31)25-11-21(13-30)27-26(35-25)16-33-28(36-27)34-22-9-19(12-29)14-32-15-22/h2-8,10-11,16,19,22,32H,1,9,12-15,17H2,(H,37,38)(H,33,34,36)/t19-,22-,39?/m0/s1. The van der Waals surface area contributed by atoms with Crippen molar-refractivity contribution in [2.24, 2.45) is 5.92 Å². The predicted octanol–water partition coefficient (Wildman–Crippen LogP) is 4.90. The summed E-state index contributed by atoms with van der Waals surface area (Å²) in [6.45, 7) is 0.0763. The number of fused-ring (bicyclic) bond motifs is 1. The molecule has 3 N–H and O–H groups in total. The van der Waals surface area contributed by atoms with Gasteiger partial charge in [0.1, 0.15) is 23.5 Å². The van der Waals surface area contributed by atoms with Crippen LogP contribution in [0, 0.1) is 11.7 Å². The first-order valence-corrected chi connectivity index (χ1v) is 14.5. The second kappa shape index (κ2) is 11.6. The zero-order valence-corrected chi connectivity index (χ0v) is 22.0. The van der Waals surface area contributed by atoms with Crippen molar-refractivity contribution in [3.8, 4) is 11.3 Å². The van der Waals surface area contributed by atoms with Crippen LogP contribution in [-0.2, 0) is 22.1 Å². The molecule has 0 spiro atoms. The highest BCUT2D eigenvalue weighted by atomic mass is 32.2. The highest BCUT2D eigenvalue weighted by Gasteiger charge is 2.22. The van der Waals surface area contributed by atoms with E-state index in [0.29, 0.717) is 47.7 Å². The van der Waals surface area contributed by atoms with Gasteiger partial charge in [-0.3, -0.25) is 4.39 Å². The zero-order valence-electron chi connectivity index (χ0n) is 21.2. The predicted molar refractivity (Wildman–Crippen MR) is 151 cm³/mol. The summed E-state index contributed by atoms with van der Waals surface area (Å²) in [5.41, 5.74) is 2.64. The molecule has 1 aliphatic heterocycles. The topological polar surface area (TPSA) is 91.8 Å². The van der Waals surface area contributed by atoms with Crippen molar-refractivity contribution in [2.75, 3.05) is 29.8 Å². The van der Waals surface area contributed by atoms with Crippen LogP contribution >= 0.6 is 0 Å². The van der Waals surface area contributed by atoms with Crippen LogP contribution in [0.4, 0.5) is 24.8 Å². The first-order chi connectivity index (χ1) is 18.8. The van der Waals surface area contributed by atoms with Gasteiger partial charge in [-0.2, -0.15) is 0 Å². The molecule has 1 unspecified atom stereocenters. The average molecular weight is 555 g/mol. The molecule has 1 saturated heterocycles. The molecule has 1 aliphatic rings. The number of benzene rings is 2. The van der Waals surface area contributed by atoms with Gasteiger partial charge < -0.3 is 15.4 Å². The number of piperidine rings is 1. The fourth-order valence-electron chi connectivity index (χ4n) is 4.69. The normalized spacial score (nSPS) is 18.9. The molecule has 204 valence electrons. The SMILES string of the molecule is C=S(=O)(Cc1ccccc1)Nc1ccc(-c2cc(CF)c3nc(N[C@@H]4CNC[C@H](CF)C4)ncc3n2)cc1F. The van der Waals surface area contributed by atoms with Gasteiger partial charge in [-0.25, -0.2) is 27.9 Å². The quantitative estimate of drug-likeness (QED) is 0.255. The van der Waals surface area contributed by atoms with Gasteiger partial charge in [0, 0.05) is 45.9 Å². The molecule has 4 aromatic rings. The number of anilines is 2. The maximum Gasteiger partial charge on any atom is 0.223 e. The van der Waals surface area contributed by atoms with E-state index in [9.17, 15) is 13.0 Å². The highest BCUT2D eigenvalue weighted by Crippen LogP contribution is 2.28. The molecule has 3 heterocycles. The maximum atomic E-state index is 15.1. The molecule has 39 heavy (non-hydrogen) atoms. The molecule has 1 fully saturated rings. The first-order valence-electron chi connectivity index (χ1n) is 12.6. The van der Waals surface area contributed by atoms with E-state index in [1.165, 1.54) is 24.4 Å². The summed E-state index contributed by atoms with van der Waals surface area (Å²) in [5.74, 6) is 3.49. The van der Waals surface area contributed by atoms with Crippen LogP contribution in [0.15, 0.2) is 60.8 Å². The number of hydrogen-bond donors (Lipinski definition) is 3. The Morgan fingerprint density at radius 3 is 2.64 bits per heavy atom. The van der Waals surface area contributed by atoms with Gasteiger partial charge in [0.15, 0.2) is 0 Å². The fourth-order valence-corrected chi connectivity index (χ4v) is 6.06. The van der Waals surface area contributed by atoms with Gasteiger partial charge in [0.25, 0.3) is 0 Å². The number of pyridine rings is 1. The van der Waals surface area contributed by atoms with Crippen LogP contribution in [-0.4, -0.2) is 50.8 Å². The number of halogens is 3. The van der Waals surface area contributed by atoms with E-state index in [-0.39, 0.29) is 29.0 Å². The van der Waals surface area contributed by atoms with Crippen LogP contribution < -0.4 is 15.4 Å². The molecule has 11 heteroatoms. The summed E-state index contributed by atoms with van der Waals surface area (Å²) in [4.78, 5) is 13.3. The third-order valence-electron chi connectivity index (χ3n) is 6.57. The molecule has 2 aromatic heterocycles. The third kappa shape index (κ3) is 6.48. The molecule has 0 bridgehead atoms. The van der Waals surface area contributed by atoms with Crippen LogP contribution in [0.25, 0.3) is 22.3 Å². The van der Waals surface area contributed by atoms with E-state index < -0.39 is 28.9 Å². The second-order valence-corrected chi connectivity index (χ2v) is 11.8. The van der Waals surface area contributed by atoms with Crippen molar-refractivity contribution in [3.63, 3.8) is 0 Å². The number of hydrogen-bond acceptors (Lipinski definition) is 6. The summed E-state index contributed by atoms with van der Waals surface area (Å²) in [6, 6.07) is 15.0. The highest BCUT2D eigenvalue weighted by molar-refractivity contribution is 8.00. The van der Waals surface area contributed by atoms with Crippen molar-refractivity contribution in [1.82, 2.24) is 20.3 Å². The molecule has 0 aliphatic carbocycles. The van der Waals surface area contributed by atoms with Gasteiger partial charge >= 0.3 is 0 Å². The molecular weight excluding hydrogens is 525 g/mol. The van der Waals surface area contributed by atoms with E-state index >= 15 is 4.39 Å². The van der Waals surface area contributed by atoms with E-state index in [2.05, 4.69) is 36.2 Å². The molecule has 2 aromatic carbocycles. The van der Waals surface area contributed by atoms with Crippen LogP contribution in [0.2, 0.25) is 0 Å². The molecule has 3 atom stereocenters. The Labute approximate surface area is 225 Å². The number of aromatic nitrogens is 3. The Balaban J connectivity index is 1.36. The van der Waals surface area contributed by atoms with Gasteiger partial charge in [0.2, 0.25) is 5.95 Å². The summed E-state index contributed by atoms with van der Waals surface area (Å²) >= 11 is 0. The number of alkyl halides is 2. The minimum atomic E-state index is -2.85. The molecule has 0 saturated carbocycles. The minimum Gasteiger partial charge on any atom is -0.350 e. The molecule has 7 nitrogen and oxygen atoms in total. The van der Waals surface area contributed by atoms with E-state index in [0.717, 1.165) is 5.56 Å². The van der Waals surface area contributed by atoms with E-state index in [1.807, 2.05) is 30.3 Å². The van der Waals surface area contributed by atoms with Crippen molar-refractivity contribution >= 4 is 38.2 Å². The molecule has 0 amide bonds. The first kappa shape index (κ1) is 26.9. The smallest absolute Gasteiger partial charge is 0.223 e. The van der Waals surface area contributed by atoms with Crippen molar-refractivity contribution in [2.45, 2.75) is 24.9 Å². The Kier molecular flexibility index (Phi) is 7.99. The lowest BCUT2D eigenvalue weighted by molar-refractivity contribution is 0.282. The Bertz CT molecular complexity index is 1570. The number of nitrogens with one attached hydrogen (secondary N) is 3. The summed E-state index contributed by atoms with van der Waals surface area (Å²) in [6.07, 6.45) is 2.13. The van der Waals surface area contributed by atoms with E-state index in [4.69, 9.17) is 0 Å². The summed E-state index contributed by atoms with van der Waals surface area (Å²) in [7, 11) is -2.85. The third-order valence-corrected chi connectivity index (χ3v) is 7.96. The van der Waals surface area contributed by atoms with Gasteiger partial charge in [-0.1, -0.05) is 36.4 Å². The Morgan fingerprint density at radius 1 is 1.08 bits per heavy atom. The van der Waals surface area contributed by atoms with Gasteiger partial charge in [0.05, 0.1) is 30.0 Å². The lowest BCUT2D eigenvalue weighted by Crippen LogP contribution is -2.44. The van der Waals surface area contributed by atoms with Gasteiger partial charge in [-0.05, 0) is 36.1 Å². The molecule has 5 rings (SSSR count). The van der Waals surface area contributed by atoms with Crippen LogP contribution in [0.5, 0.6) is 0 Å². The van der Waals surface area contributed by atoms with Crippen molar-refractivity contribution in [1.29, 1.82) is 0 Å². The number of nitrogens with zero attached hydrogens (tertiary/aromatic N) is 3. The lowest BCUT2D eigenvalue weighted by atomic mass is 9.97. The van der Waals surface area contributed by atoms with Gasteiger partial charge in [-0.15, -0.1) is 0 Å². The number of rotatable bonds is 9. The van der Waals surface area contributed by atoms with Crippen LogP contribution in [0.1, 0.15) is 17.5 Å². The molecule has 0 radical (unpaired) electrons. The summed E-state index contributed by atoms with van der Waals surface area (Å²) < 4.78 is 57.9. The molecular formula is C28H29F3N6OS. The fraction of sp³-hybridized carbons (Fsp3) is 0.286. The monoisotopic (exact) mass is 554 g/mol. The Hall–Kier alpha value is -3.70. The largest absolute Gasteiger partial charge is 0.350 e. The maximum absolute atomic E-state index is 15.1. The average Bonchev–Trinajstić information content (AvgIpc) is 2.94. The van der Waals surface area contributed by atoms with Crippen LogP contribution in [0.3, 0.4) is 0 Å². The summed E-state index contributed by atoms with van der Waals surface area (Å²) in [5, 5.41) is 6.38. The minimum absolute atomic E-state index is 0.0474. The van der Waals surface area contributed by atoms with E-state index in [1.54, 1.807) is 6.07 Å². The second-order valence-electron chi connectivity index (χ2n) is 9.72. The van der Waals surface area contributed by atoms with Crippen molar-refractivity contribution < 1.29 is 17.4 Å².